The summed E-state index contributed by atoms with van der Waals surface area (Å²) in [5.74, 6) is -2.14. The van der Waals surface area contributed by atoms with Gasteiger partial charge in [-0.2, -0.15) is 5.10 Å². The van der Waals surface area contributed by atoms with E-state index in [0.717, 1.165) is 5.71 Å². The second kappa shape index (κ2) is 5.40. The van der Waals surface area contributed by atoms with E-state index < -0.39 is 23.7 Å². The van der Waals surface area contributed by atoms with Crippen molar-refractivity contribution in [1.29, 1.82) is 0 Å². The Kier molecular flexibility index (Phi) is 3.85. The van der Waals surface area contributed by atoms with Gasteiger partial charge in [-0.25, -0.2) is 4.39 Å². The highest BCUT2D eigenvalue weighted by Gasteiger charge is 2.31. The lowest BCUT2D eigenvalue weighted by Crippen LogP contribution is -2.40. The van der Waals surface area contributed by atoms with Crippen LogP contribution in [0, 0.1) is 5.82 Å². The van der Waals surface area contributed by atoms with Crippen molar-refractivity contribution >= 4 is 23.2 Å². The minimum Gasteiger partial charge on any atom is -0.369 e. The topological polar surface area (TPSA) is 67.5 Å². The van der Waals surface area contributed by atoms with Crippen molar-refractivity contribution in [3.63, 3.8) is 0 Å². The van der Waals surface area contributed by atoms with Gasteiger partial charge in [0, 0.05) is 10.6 Å². The summed E-state index contributed by atoms with van der Waals surface area (Å²) in [7, 11) is 0. The molecule has 19 heavy (non-hydrogen) atoms. The fourth-order valence-electron chi connectivity index (χ4n) is 1.99. The van der Waals surface area contributed by atoms with E-state index in [9.17, 15) is 9.18 Å². The van der Waals surface area contributed by atoms with Crippen LogP contribution in [0.2, 0.25) is 5.02 Å². The summed E-state index contributed by atoms with van der Waals surface area (Å²) in [6.45, 7) is 1.80. The highest BCUT2D eigenvalue weighted by molar-refractivity contribution is 6.31. The Bertz CT molecular complexity index is 551. The molecule has 3 N–H and O–H groups in total. The molecule has 1 heterocycles. The zero-order valence-electron chi connectivity index (χ0n) is 10.2. The molecule has 6 heteroatoms. The third-order valence-corrected chi connectivity index (χ3v) is 3.24. The van der Waals surface area contributed by atoms with Gasteiger partial charge >= 0.3 is 0 Å². The predicted octanol–water partition coefficient (Wildman–Crippen LogP) is 1.95. The third kappa shape index (κ3) is 2.76. The number of benzene rings is 1. The smallest absolute Gasteiger partial charge is 0.227 e. The van der Waals surface area contributed by atoms with Crippen LogP contribution in [-0.2, 0) is 4.79 Å². The third-order valence-electron chi connectivity index (χ3n) is 2.91. The number of nitrogens with two attached hydrogens (primary N) is 1. The van der Waals surface area contributed by atoms with E-state index in [1.54, 1.807) is 19.1 Å². The van der Waals surface area contributed by atoms with Gasteiger partial charge in [0.15, 0.2) is 0 Å². The summed E-state index contributed by atoms with van der Waals surface area (Å²) in [4.78, 5) is 11.7. The quantitative estimate of drug-likeness (QED) is 0.889. The molecule has 1 aliphatic rings. The largest absolute Gasteiger partial charge is 0.369 e. The van der Waals surface area contributed by atoms with Crippen molar-refractivity contribution < 1.29 is 9.18 Å². The van der Waals surface area contributed by atoms with Crippen molar-refractivity contribution in [3.8, 4) is 0 Å². The first-order valence-electron chi connectivity index (χ1n) is 5.72. The van der Waals surface area contributed by atoms with Crippen molar-refractivity contribution in [3.05, 3.63) is 46.8 Å². The number of hydrogen-bond donors (Lipinski definition) is 2. The van der Waals surface area contributed by atoms with Gasteiger partial charge in [0.1, 0.15) is 5.82 Å². The van der Waals surface area contributed by atoms with Crippen molar-refractivity contribution in [2.75, 3.05) is 0 Å². The minimum absolute atomic E-state index is 0.0913. The Balaban J connectivity index is 2.42. The molecule has 0 aromatic heterocycles. The van der Waals surface area contributed by atoms with Crippen LogP contribution < -0.4 is 11.2 Å². The molecule has 0 saturated carbocycles. The summed E-state index contributed by atoms with van der Waals surface area (Å²) in [6.07, 6.45) is 3.46. The van der Waals surface area contributed by atoms with E-state index in [-0.39, 0.29) is 10.6 Å². The van der Waals surface area contributed by atoms with Crippen molar-refractivity contribution in [2.24, 2.45) is 10.8 Å². The molecule has 0 radical (unpaired) electrons. The molecule has 1 amide bonds. The lowest BCUT2D eigenvalue weighted by Gasteiger charge is -2.25. The molecule has 0 fully saturated rings. The first-order chi connectivity index (χ1) is 9.00. The lowest BCUT2D eigenvalue weighted by molar-refractivity contribution is -0.119. The molecule has 0 saturated heterocycles. The number of nitrogens with zero attached hydrogens (tertiary/aromatic N) is 1. The molecule has 0 aliphatic carbocycles. The zero-order chi connectivity index (χ0) is 14.0. The summed E-state index contributed by atoms with van der Waals surface area (Å²) < 4.78 is 13.9. The van der Waals surface area contributed by atoms with Gasteiger partial charge in [-0.15, -0.1) is 0 Å². The van der Waals surface area contributed by atoms with E-state index >= 15 is 0 Å². The van der Waals surface area contributed by atoms with Crippen LogP contribution in [0.15, 0.2) is 35.5 Å². The summed E-state index contributed by atoms with van der Waals surface area (Å²) in [5, 5.41) is 4.18. The second-order valence-corrected chi connectivity index (χ2v) is 4.69. The normalized spacial score (nSPS) is 19.5. The average molecular weight is 282 g/mol. The van der Waals surface area contributed by atoms with Crippen LogP contribution in [-0.4, -0.2) is 17.7 Å². The van der Waals surface area contributed by atoms with Crippen LogP contribution >= 0.6 is 11.6 Å². The Morgan fingerprint density at radius 2 is 2.32 bits per heavy atom. The van der Waals surface area contributed by atoms with Crippen LogP contribution in [0.4, 0.5) is 4.39 Å². The van der Waals surface area contributed by atoms with Crippen molar-refractivity contribution in [1.82, 2.24) is 5.43 Å². The van der Waals surface area contributed by atoms with Crippen LogP contribution in [0.3, 0.4) is 0 Å². The van der Waals surface area contributed by atoms with Gasteiger partial charge < -0.3 is 11.2 Å². The zero-order valence-corrected chi connectivity index (χ0v) is 11.0. The molecule has 1 aromatic carbocycles. The number of carbonyl (C=O) groups excluding carboxylic acids is 1. The molecule has 2 rings (SSSR count). The van der Waals surface area contributed by atoms with E-state index in [2.05, 4.69) is 10.5 Å². The molecule has 1 aliphatic heterocycles. The molecule has 0 spiro atoms. The Morgan fingerprint density at radius 3 is 2.84 bits per heavy atom. The van der Waals surface area contributed by atoms with E-state index in [4.69, 9.17) is 17.3 Å². The number of rotatable bonds is 3. The standard InChI is InChI=1S/C13H13ClFN3O/c1-7-5-6-10(18-17-7)12(13(16)19)11-8(14)3-2-4-9(11)15/h2-6,10,12,18H,1H3,(H2,16,19). The monoisotopic (exact) mass is 281 g/mol. The van der Waals surface area contributed by atoms with Crippen LogP contribution in [0.5, 0.6) is 0 Å². The fraction of sp³-hybridized carbons (Fsp3) is 0.231. The lowest BCUT2D eigenvalue weighted by atomic mass is 9.89. The number of carbonyl (C=O) groups is 1. The Morgan fingerprint density at radius 1 is 1.58 bits per heavy atom. The maximum Gasteiger partial charge on any atom is 0.227 e. The number of allylic oxidation sites excluding steroid dienone is 1. The Hall–Kier alpha value is -1.88. The van der Waals surface area contributed by atoms with Crippen LogP contribution in [0.25, 0.3) is 0 Å². The number of amides is 1. The predicted molar refractivity (Wildman–Crippen MR) is 72.5 cm³/mol. The van der Waals surface area contributed by atoms with E-state index in [1.165, 1.54) is 18.2 Å². The highest BCUT2D eigenvalue weighted by atomic mass is 35.5. The number of halogens is 2. The average Bonchev–Trinajstić information content (AvgIpc) is 2.35. The van der Waals surface area contributed by atoms with Gasteiger partial charge in [-0.1, -0.05) is 23.7 Å². The first-order valence-corrected chi connectivity index (χ1v) is 6.09. The first kappa shape index (κ1) is 13.5. The SMILES string of the molecule is CC1=NNC(C(C(N)=O)c2c(F)cccc2Cl)C=C1. The molecule has 4 nitrogen and oxygen atoms in total. The molecule has 2 unspecified atom stereocenters. The molecule has 2 atom stereocenters. The van der Waals surface area contributed by atoms with Crippen LogP contribution in [0.1, 0.15) is 18.4 Å². The number of hydrazone groups is 1. The maximum atomic E-state index is 13.9. The summed E-state index contributed by atoms with van der Waals surface area (Å²) in [6, 6.07) is 3.73. The van der Waals surface area contributed by atoms with Gasteiger partial charge in [0.25, 0.3) is 0 Å². The van der Waals surface area contributed by atoms with E-state index in [0.29, 0.717) is 0 Å². The molecule has 100 valence electrons. The molecule has 1 aromatic rings. The highest BCUT2D eigenvalue weighted by Crippen LogP contribution is 2.30. The maximum absolute atomic E-state index is 13.9. The molecule has 0 bridgehead atoms. The van der Waals surface area contributed by atoms with Gasteiger partial charge in [-0.05, 0) is 25.1 Å². The van der Waals surface area contributed by atoms with Gasteiger partial charge in [-0.3, -0.25) is 4.79 Å². The number of hydrogen-bond acceptors (Lipinski definition) is 3. The van der Waals surface area contributed by atoms with E-state index in [1.807, 2.05) is 0 Å². The summed E-state index contributed by atoms with van der Waals surface area (Å²) >= 11 is 5.98. The minimum atomic E-state index is -0.915. The number of nitrogens with one attached hydrogen (secondary N) is 1. The molecular formula is C13H13ClFN3O. The Labute approximate surface area is 115 Å². The van der Waals surface area contributed by atoms with Gasteiger partial charge in [0.2, 0.25) is 5.91 Å². The summed E-state index contributed by atoms with van der Waals surface area (Å²) in [5.41, 5.74) is 9.02. The fourth-order valence-corrected chi connectivity index (χ4v) is 2.27. The van der Waals surface area contributed by atoms with Gasteiger partial charge in [0.05, 0.1) is 17.7 Å². The second-order valence-electron chi connectivity index (χ2n) is 4.28. The number of primary amides is 1. The van der Waals surface area contributed by atoms with Crippen molar-refractivity contribution in [2.45, 2.75) is 18.9 Å². The molecular weight excluding hydrogens is 269 g/mol.